The minimum absolute atomic E-state index is 0.788. The molecule has 1 N–H and O–H groups in total. The van der Waals surface area contributed by atoms with Gasteiger partial charge in [0.15, 0.2) is 5.13 Å². The summed E-state index contributed by atoms with van der Waals surface area (Å²) in [6.45, 7) is 5.47. The van der Waals surface area contributed by atoms with Crippen LogP contribution in [0.2, 0.25) is 0 Å². The van der Waals surface area contributed by atoms with Gasteiger partial charge in [-0.3, -0.25) is 0 Å². The van der Waals surface area contributed by atoms with E-state index in [2.05, 4.69) is 29.3 Å². The Hall–Kier alpha value is -0.870. The van der Waals surface area contributed by atoms with Crippen LogP contribution in [0.25, 0.3) is 6.08 Å². The van der Waals surface area contributed by atoms with Gasteiger partial charge in [0, 0.05) is 25.7 Å². The summed E-state index contributed by atoms with van der Waals surface area (Å²) < 4.78 is 0. The molecule has 2 aliphatic rings. The van der Waals surface area contributed by atoms with Gasteiger partial charge in [-0.05, 0) is 45.1 Å². The fourth-order valence-corrected chi connectivity index (χ4v) is 3.51. The minimum atomic E-state index is 0.788. The van der Waals surface area contributed by atoms with Crippen LogP contribution in [-0.4, -0.2) is 30.7 Å². The highest BCUT2D eigenvalue weighted by Gasteiger charge is 2.19. The van der Waals surface area contributed by atoms with Crippen LogP contribution in [0.3, 0.4) is 0 Å². The molecule has 3 nitrogen and oxygen atoms in total. The third-order valence-electron chi connectivity index (χ3n) is 3.82. The van der Waals surface area contributed by atoms with Crippen molar-refractivity contribution in [1.82, 2.24) is 10.3 Å². The van der Waals surface area contributed by atoms with Crippen LogP contribution in [0.15, 0.2) is 6.08 Å². The summed E-state index contributed by atoms with van der Waals surface area (Å²) >= 11 is 1.84. The zero-order chi connectivity index (χ0) is 13.1. The first-order valence-electron chi connectivity index (χ1n) is 7.45. The number of nitrogens with one attached hydrogen (secondary N) is 1. The molecule has 0 spiro atoms. The predicted octanol–water partition coefficient (Wildman–Crippen LogP) is 3.21. The Labute approximate surface area is 119 Å². The number of aryl methyl sites for hydroxylation is 1. The Bertz CT molecular complexity index is 442. The molecular weight excluding hydrogens is 254 g/mol. The van der Waals surface area contributed by atoms with Crippen molar-refractivity contribution in [3.05, 3.63) is 16.6 Å². The van der Waals surface area contributed by atoms with Crippen molar-refractivity contribution in [1.29, 1.82) is 0 Å². The summed E-state index contributed by atoms with van der Waals surface area (Å²) in [7, 11) is 0. The molecule has 0 bridgehead atoms. The average Bonchev–Trinajstić information content (AvgIpc) is 3.19. The van der Waals surface area contributed by atoms with Gasteiger partial charge in [-0.25, -0.2) is 4.98 Å². The lowest BCUT2D eigenvalue weighted by atomic mass is 10.1. The number of thiazole rings is 1. The van der Waals surface area contributed by atoms with Crippen LogP contribution in [0.5, 0.6) is 0 Å². The lowest BCUT2D eigenvalue weighted by Gasteiger charge is -2.25. The van der Waals surface area contributed by atoms with Crippen molar-refractivity contribution in [2.45, 2.75) is 45.1 Å². The molecule has 0 radical (unpaired) electrons. The van der Waals surface area contributed by atoms with Crippen LogP contribution in [-0.2, 0) is 0 Å². The van der Waals surface area contributed by atoms with Crippen LogP contribution in [0, 0.1) is 6.92 Å². The molecule has 1 aromatic heterocycles. The molecule has 2 fully saturated rings. The maximum absolute atomic E-state index is 4.73. The third kappa shape index (κ3) is 3.57. The summed E-state index contributed by atoms with van der Waals surface area (Å²) in [4.78, 5) is 8.50. The van der Waals surface area contributed by atoms with Crippen molar-refractivity contribution in [2.75, 3.05) is 24.5 Å². The Kier molecular flexibility index (Phi) is 4.18. The molecule has 2 heterocycles. The maximum atomic E-state index is 4.73. The molecule has 1 saturated heterocycles. The van der Waals surface area contributed by atoms with Crippen LogP contribution < -0.4 is 10.2 Å². The molecule has 4 heteroatoms. The van der Waals surface area contributed by atoms with E-state index in [0.717, 1.165) is 12.6 Å². The molecule has 0 unspecified atom stereocenters. The van der Waals surface area contributed by atoms with E-state index >= 15 is 0 Å². The van der Waals surface area contributed by atoms with E-state index in [1.807, 2.05) is 11.3 Å². The molecule has 104 valence electrons. The van der Waals surface area contributed by atoms with Crippen LogP contribution in [0.4, 0.5) is 5.13 Å². The smallest absolute Gasteiger partial charge is 0.186 e. The maximum Gasteiger partial charge on any atom is 0.186 e. The second-order valence-electron chi connectivity index (χ2n) is 5.58. The Morgan fingerprint density at radius 1 is 1.32 bits per heavy atom. The average molecular weight is 277 g/mol. The van der Waals surface area contributed by atoms with E-state index in [1.54, 1.807) is 0 Å². The van der Waals surface area contributed by atoms with Gasteiger partial charge in [-0.15, -0.1) is 0 Å². The number of rotatable bonds is 5. The largest absolute Gasteiger partial charge is 0.348 e. The third-order valence-corrected chi connectivity index (χ3v) is 5.00. The second kappa shape index (κ2) is 6.06. The lowest BCUT2D eigenvalue weighted by Crippen LogP contribution is -2.29. The van der Waals surface area contributed by atoms with Crippen LogP contribution >= 0.6 is 11.3 Å². The van der Waals surface area contributed by atoms with Gasteiger partial charge in [0.05, 0.1) is 10.6 Å². The minimum Gasteiger partial charge on any atom is -0.348 e. The molecule has 1 aromatic rings. The van der Waals surface area contributed by atoms with E-state index in [4.69, 9.17) is 4.98 Å². The first kappa shape index (κ1) is 13.1. The number of aromatic nitrogens is 1. The molecule has 1 aliphatic carbocycles. The fraction of sp³-hybridized carbons (Fsp3) is 0.667. The summed E-state index contributed by atoms with van der Waals surface area (Å²) in [6, 6.07) is 0.788. The van der Waals surface area contributed by atoms with E-state index < -0.39 is 0 Å². The highest BCUT2D eigenvalue weighted by molar-refractivity contribution is 7.16. The number of piperidine rings is 1. The zero-order valence-electron chi connectivity index (χ0n) is 11.7. The van der Waals surface area contributed by atoms with E-state index in [9.17, 15) is 0 Å². The number of hydrogen-bond acceptors (Lipinski definition) is 4. The van der Waals surface area contributed by atoms with Gasteiger partial charge in [-0.1, -0.05) is 17.4 Å². The van der Waals surface area contributed by atoms with Gasteiger partial charge < -0.3 is 10.2 Å². The second-order valence-corrected chi connectivity index (χ2v) is 6.59. The van der Waals surface area contributed by atoms with Gasteiger partial charge in [0.1, 0.15) is 0 Å². The van der Waals surface area contributed by atoms with Crippen molar-refractivity contribution in [2.24, 2.45) is 0 Å². The first-order valence-corrected chi connectivity index (χ1v) is 8.27. The van der Waals surface area contributed by atoms with Gasteiger partial charge in [0.2, 0.25) is 0 Å². The van der Waals surface area contributed by atoms with Crippen molar-refractivity contribution in [3.63, 3.8) is 0 Å². The molecule has 3 rings (SSSR count). The molecular formula is C15H23N3S. The normalized spacial score (nSPS) is 20.4. The number of anilines is 1. The summed E-state index contributed by atoms with van der Waals surface area (Å²) in [5.74, 6) is 0. The van der Waals surface area contributed by atoms with Crippen molar-refractivity contribution in [3.8, 4) is 0 Å². The highest BCUT2D eigenvalue weighted by Crippen LogP contribution is 2.29. The van der Waals surface area contributed by atoms with E-state index in [1.165, 1.54) is 60.9 Å². The molecule has 0 atom stereocenters. The van der Waals surface area contributed by atoms with Gasteiger partial charge in [-0.2, -0.15) is 0 Å². The fourth-order valence-electron chi connectivity index (χ4n) is 2.46. The summed E-state index contributed by atoms with van der Waals surface area (Å²) in [6.07, 6.45) is 11.2. The summed E-state index contributed by atoms with van der Waals surface area (Å²) in [5, 5.41) is 4.72. The van der Waals surface area contributed by atoms with E-state index in [-0.39, 0.29) is 0 Å². The molecule has 1 saturated carbocycles. The Morgan fingerprint density at radius 2 is 2.11 bits per heavy atom. The van der Waals surface area contributed by atoms with Crippen molar-refractivity contribution < 1.29 is 0 Å². The number of hydrogen-bond donors (Lipinski definition) is 1. The Morgan fingerprint density at radius 3 is 2.84 bits per heavy atom. The first-order chi connectivity index (χ1) is 9.33. The lowest BCUT2D eigenvalue weighted by molar-refractivity contribution is 0.576. The molecule has 19 heavy (non-hydrogen) atoms. The van der Waals surface area contributed by atoms with E-state index in [0.29, 0.717) is 0 Å². The van der Waals surface area contributed by atoms with Gasteiger partial charge >= 0.3 is 0 Å². The monoisotopic (exact) mass is 277 g/mol. The van der Waals surface area contributed by atoms with Gasteiger partial charge in [0.25, 0.3) is 0 Å². The molecule has 0 aromatic carbocycles. The zero-order valence-corrected chi connectivity index (χ0v) is 12.5. The SMILES string of the molecule is Cc1nc(N2CCCCC2)sc1C=CCNC1CC1. The highest BCUT2D eigenvalue weighted by atomic mass is 32.1. The van der Waals surface area contributed by atoms with Crippen molar-refractivity contribution >= 4 is 22.5 Å². The number of nitrogens with zero attached hydrogens (tertiary/aromatic N) is 2. The topological polar surface area (TPSA) is 28.2 Å². The standard InChI is InChI=1S/C15H23N3S/c1-12-14(6-5-9-16-13-7-8-13)19-15(17-12)18-10-3-2-4-11-18/h5-6,13,16H,2-4,7-11H2,1H3. The predicted molar refractivity (Wildman–Crippen MR) is 83.0 cm³/mol. The summed E-state index contributed by atoms with van der Waals surface area (Å²) in [5.41, 5.74) is 1.17. The van der Waals surface area contributed by atoms with Crippen LogP contribution in [0.1, 0.15) is 42.7 Å². The Balaban J connectivity index is 1.59. The quantitative estimate of drug-likeness (QED) is 0.896. The molecule has 1 aliphatic heterocycles. The molecule has 0 amide bonds.